The number of rotatable bonds is 6. The molecule has 2 atom stereocenters. The number of hydrogen-bond acceptors (Lipinski definition) is 6. The van der Waals surface area contributed by atoms with Gasteiger partial charge in [0.2, 0.25) is 0 Å². The minimum atomic E-state index is -1.13. The summed E-state index contributed by atoms with van der Waals surface area (Å²) < 4.78 is 6.20. The van der Waals surface area contributed by atoms with Crippen LogP contribution in [0.4, 0.5) is 0 Å². The van der Waals surface area contributed by atoms with Crippen molar-refractivity contribution >= 4 is 27.9 Å². The summed E-state index contributed by atoms with van der Waals surface area (Å²) in [6.45, 7) is 6.82. The Morgan fingerprint density at radius 2 is 1.78 bits per heavy atom. The number of ether oxygens (including phenoxy) is 1. The molecular formula is C25H31BrNO5-. The van der Waals surface area contributed by atoms with Crippen LogP contribution in [0.25, 0.3) is 0 Å². The molecule has 1 heterocycles. The number of aliphatic carboxylic acids is 1. The Bertz CT molecular complexity index is 869. The number of carboxylic acids is 1. The average molecular weight is 505 g/mol. The molecule has 1 aliphatic heterocycles. The van der Waals surface area contributed by atoms with Gasteiger partial charge in [0.15, 0.2) is 0 Å². The first kappa shape index (κ1) is 26.0. The van der Waals surface area contributed by atoms with E-state index in [1.54, 1.807) is 48.5 Å². The van der Waals surface area contributed by atoms with Gasteiger partial charge in [0.25, 0.3) is 0 Å². The summed E-state index contributed by atoms with van der Waals surface area (Å²) in [5.41, 5.74) is 1.37. The molecule has 0 saturated carbocycles. The van der Waals surface area contributed by atoms with Crippen molar-refractivity contribution in [3.63, 3.8) is 0 Å². The van der Waals surface area contributed by atoms with E-state index in [2.05, 4.69) is 21.2 Å². The summed E-state index contributed by atoms with van der Waals surface area (Å²) in [5.74, 6) is -2.28. The Balaban J connectivity index is 0.000000439. The molecule has 0 spiro atoms. The van der Waals surface area contributed by atoms with E-state index in [0.29, 0.717) is 30.2 Å². The number of carboxylic acid groups (broad SMARTS) is 1. The first-order valence-electron chi connectivity index (χ1n) is 10.7. The zero-order valence-corrected chi connectivity index (χ0v) is 20.4. The zero-order chi connectivity index (χ0) is 23.7. The third-order valence-electron chi connectivity index (χ3n) is 4.97. The number of carbonyl (C=O) groups is 2. The second-order valence-corrected chi connectivity index (χ2v) is 9.72. The van der Waals surface area contributed by atoms with Crippen molar-refractivity contribution in [2.75, 3.05) is 13.2 Å². The Labute approximate surface area is 198 Å². The summed E-state index contributed by atoms with van der Waals surface area (Å²) in [4.78, 5) is 23.5. The lowest BCUT2D eigenvalue weighted by Crippen LogP contribution is -2.31. The van der Waals surface area contributed by atoms with Gasteiger partial charge < -0.3 is 25.1 Å². The number of halogens is 1. The third kappa shape index (κ3) is 8.73. The number of nitrogens with one attached hydrogen (secondary N) is 1. The van der Waals surface area contributed by atoms with Crippen LogP contribution in [0.1, 0.15) is 61.0 Å². The molecule has 1 aliphatic rings. The molecule has 2 aromatic rings. The molecule has 1 fully saturated rings. The summed E-state index contributed by atoms with van der Waals surface area (Å²) in [5, 5.41) is 23.2. The quantitative estimate of drug-likeness (QED) is 0.586. The Morgan fingerprint density at radius 3 is 2.22 bits per heavy atom. The van der Waals surface area contributed by atoms with E-state index < -0.39 is 23.5 Å². The zero-order valence-electron chi connectivity index (χ0n) is 18.8. The van der Waals surface area contributed by atoms with E-state index in [0.717, 1.165) is 23.0 Å². The highest BCUT2D eigenvalue weighted by Crippen LogP contribution is 2.23. The topological polar surface area (TPSA) is 98.7 Å². The molecule has 2 N–H and O–H groups in total. The van der Waals surface area contributed by atoms with Gasteiger partial charge in [0.05, 0.1) is 12.2 Å². The maximum atomic E-state index is 12.0. The molecule has 3 rings (SSSR count). The van der Waals surface area contributed by atoms with Gasteiger partial charge in [-0.25, -0.2) is 4.79 Å². The van der Waals surface area contributed by atoms with E-state index in [4.69, 9.17) is 9.84 Å². The summed E-state index contributed by atoms with van der Waals surface area (Å²) >= 11 is 3.33. The first-order chi connectivity index (χ1) is 15.1. The van der Waals surface area contributed by atoms with Crippen molar-refractivity contribution in [1.82, 2.24) is 5.32 Å². The minimum Gasteiger partial charge on any atom is -0.549 e. The second kappa shape index (κ2) is 12.1. The van der Waals surface area contributed by atoms with Crippen LogP contribution in [0.5, 0.6) is 0 Å². The normalized spacial score (nSPS) is 16.6. The fourth-order valence-corrected chi connectivity index (χ4v) is 3.56. The highest BCUT2D eigenvalue weighted by atomic mass is 79.9. The van der Waals surface area contributed by atoms with Gasteiger partial charge in [-0.3, -0.25) is 0 Å². The monoisotopic (exact) mass is 504 g/mol. The smallest absolute Gasteiger partial charge is 0.338 e. The SMILES string of the molecule is CC(C)(C)OC(=O)c1ccc(C[C@@H](C(=O)[O-])c2ccc(Br)cc2)cc1.OC[C@@H]1CCCN1. The Morgan fingerprint density at radius 1 is 1.16 bits per heavy atom. The predicted octanol–water partition coefficient (Wildman–Crippen LogP) is 3.21. The fourth-order valence-electron chi connectivity index (χ4n) is 3.29. The predicted molar refractivity (Wildman–Crippen MR) is 125 cm³/mol. The van der Waals surface area contributed by atoms with Crippen molar-refractivity contribution in [2.24, 2.45) is 0 Å². The molecule has 2 aromatic carbocycles. The molecule has 32 heavy (non-hydrogen) atoms. The van der Waals surface area contributed by atoms with Crippen molar-refractivity contribution in [3.05, 3.63) is 69.7 Å². The molecule has 0 bridgehead atoms. The highest BCUT2D eigenvalue weighted by Gasteiger charge is 2.18. The van der Waals surface area contributed by atoms with Crippen LogP contribution in [-0.2, 0) is 16.0 Å². The molecule has 0 radical (unpaired) electrons. The van der Waals surface area contributed by atoms with Crippen LogP contribution < -0.4 is 10.4 Å². The van der Waals surface area contributed by atoms with E-state index in [9.17, 15) is 14.7 Å². The molecule has 1 saturated heterocycles. The minimum absolute atomic E-state index is 0.290. The number of benzene rings is 2. The molecule has 6 nitrogen and oxygen atoms in total. The Hall–Kier alpha value is -2.22. The van der Waals surface area contributed by atoms with Crippen LogP contribution >= 0.6 is 15.9 Å². The van der Waals surface area contributed by atoms with Crippen molar-refractivity contribution < 1.29 is 24.5 Å². The summed E-state index contributed by atoms with van der Waals surface area (Å²) in [6.07, 6.45) is 2.67. The van der Waals surface area contributed by atoms with E-state index in [1.165, 1.54) is 6.42 Å². The molecule has 0 unspecified atom stereocenters. The average Bonchev–Trinajstić information content (AvgIpc) is 3.26. The van der Waals surface area contributed by atoms with Gasteiger partial charge in [-0.1, -0.05) is 40.2 Å². The number of hydrogen-bond donors (Lipinski definition) is 2. The van der Waals surface area contributed by atoms with Gasteiger partial charge in [-0.15, -0.1) is 0 Å². The van der Waals surface area contributed by atoms with Crippen molar-refractivity contribution in [1.29, 1.82) is 0 Å². The number of esters is 1. The van der Waals surface area contributed by atoms with Gasteiger partial charge >= 0.3 is 5.97 Å². The second-order valence-electron chi connectivity index (χ2n) is 8.80. The van der Waals surface area contributed by atoms with Gasteiger partial charge in [0, 0.05) is 22.4 Å². The molecule has 174 valence electrons. The standard InChI is InChI=1S/C20H21BrO4.C5H11NO/c1-20(2,3)25-19(24)15-6-4-13(5-7-15)12-17(18(22)23)14-8-10-16(21)11-9-14;7-4-5-2-1-3-6-5/h4-11,17H,12H2,1-3H3,(H,22,23);5-7H,1-4H2/p-1/t17-;5-/m10/s1. The lowest BCUT2D eigenvalue weighted by atomic mass is 9.92. The van der Waals surface area contributed by atoms with E-state index in [1.807, 2.05) is 20.8 Å². The third-order valence-corrected chi connectivity index (χ3v) is 5.50. The number of aliphatic hydroxyl groups is 1. The highest BCUT2D eigenvalue weighted by molar-refractivity contribution is 9.10. The lowest BCUT2D eigenvalue weighted by molar-refractivity contribution is -0.308. The molecular weight excluding hydrogens is 474 g/mol. The van der Waals surface area contributed by atoms with Crippen molar-refractivity contribution in [3.8, 4) is 0 Å². The fraction of sp³-hybridized carbons (Fsp3) is 0.440. The first-order valence-corrected chi connectivity index (χ1v) is 11.5. The van der Waals surface area contributed by atoms with Crippen LogP contribution in [0.2, 0.25) is 0 Å². The number of carbonyl (C=O) groups excluding carboxylic acids is 2. The molecule has 7 heteroatoms. The van der Waals surface area contributed by atoms with Gasteiger partial charge in [0.1, 0.15) is 5.60 Å². The molecule has 0 amide bonds. The van der Waals surface area contributed by atoms with Gasteiger partial charge in [-0.2, -0.15) is 0 Å². The van der Waals surface area contributed by atoms with Gasteiger partial charge in [-0.05, 0) is 82.0 Å². The molecule has 0 aromatic heterocycles. The van der Waals surface area contributed by atoms with Crippen LogP contribution in [0.15, 0.2) is 53.0 Å². The number of aliphatic hydroxyl groups excluding tert-OH is 1. The van der Waals surface area contributed by atoms with Crippen LogP contribution in [-0.4, -0.2) is 41.8 Å². The maximum Gasteiger partial charge on any atom is 0.338 e. The molecule has 0 aliphatic carbocycles. The summed E-state index contributed by atoms with van der Waals surface area (Å²) in [6, 6.07) is 14.3. The lowest BCUT2D eigenvalue weighted by Gasteiger charge is -2.20. The van der Waals surface area contributed by atoms with E-state index in [-0.39, 0.29) is 0 Å². The Kier molecular flexibility index (Phi) is 9.87. The van der Waals surface area contributed by atoms with Crippen LogP contribution in [0.3, 0.4) is 0 Å². The maximum absolute atomic E-state index is 12.0. The van der Waals surface area contributed by atoms with Crippen molar-refractivity contribution in [2.45, 2.75) is 57.6 Å². The van der Waals surface area contributed by atoms with E-state index >= 15 is 0 Å². The largest absolute Gasteiger partial charge is 0.549 e. The summed E-state index contributed by atoms with van der Waals surface area (Å²) in [7, 11) is 0. The van der Waals surface area contributed by atoms with Crippen LogP contribution in [0, 0.1) is 0 Å².